The first kappa shape index (κ1) is 12.8. The molecule has 0 bridgehead atoms. The van der Waals surface area contributed by atoms with Crippen molar-refractivity contribution >= 4 is 5.97 Å². The summed E-state index contributed by atoms with van der Waals surface area (Å²) in [6.07, 6.45) is 2.01. The Morgan fingerprint density at radius 2 is 2.50 bits per heavy atom. The summed E-state index contributed by atoms with van der Waals surface area (Å²) in [5.41, 5.74) is 2.42. The zero-order valence-corrected chi connectivity index (χ0v) is 8.52. The van der Waals surface area contributed by atoms with Crippen LogP contribution in [-0.4, -0.2) is 12.5 Å². The Morgan fingerprint density at radius 3 is 2.90 bits per heavy atom. The van der Waals surface area contributed by atoms with Gasteiger partial charge in [-0.3, -0.25) is 4.79 Å². The van der Waals surface area contributed by atoms with Crippen molar-refractivity contribution in [2.75, 3.05) is 6.54 Å². The maximum Gasteiger partial charge on any atom is 1.00 e. The fraction of sp³-hybridized carbons (Fsp3) is 0.500. The molecule has 0 radical (unpaired) electrons. The molecule has 0 aliphatic heterocycles. The van der Waals surface area contributed by atoms with Gasteiger partial charge < -0.3 is 6.26 Å². The maximum atomic E-state index is 10.4. The first-order chi connectivity index (χ1) is 4.31. The second kappa shape index (κ2) is 9.17. The first-order valence-electron chi connectivity index (χ1n) is 2.84. The summed E-state index contributed by atoms with van der Waals surface area (Å²) >= 11 is 0. The van der Waals surface area contributed by atoms with Crippen molar-refractivity contribution in [2.45, 2.75) is 13.3 Å². The molecule has 0 unspecified atom stereocenters. The molecule has 0 saturated heterocycles. The predicted octanol–water partition coefficient (Wildman–Crippen LogP) is -2.25. The second-order valence-corrected chi connectivity index (χ2v) is 1.46. The molecule has 0 aliphatic carbocycles. The third kappa shape index (κ3) is 8.17. The molecular formula is C6H12NNaO2. The fourth-order valence-corrected chi connectivity index (χ4v) is 0.253. The van der Waals surface area contributed by atoms with E-state index in [-0.39, 0.29) is 37.0 Å². The number of carbonyl (C=O) groups excluding carboxylic acids is 1. The van der Waals surface area contributed by atoms with Crippen molar-refractivity contribution in [3.8, 4) is 0 Å². The van der Waals surface area contributed by atoms with Crippen molar-refractivity contribution in [3.63, 3.8) is 0 Å². The molecule has 0 heterocycles. The maximum absolute atomic E-state index is 10.4. The molecule has 10 heavy (non-hydrogen) atoms. The summed E-state index contributed by atoms with van der Waals surface area (Å²) in [4.78, 5) is 14.8. The molecule has 3 nitrogen and oxygen atoms in total. The average molecular weight is 153 g/mol. The number of nitrogens with one attached hydrogen (secondary N) is 1. The van der Waals surface area contributed by atoms with Gasteiger partial charge in [0.2, 0.25) is 0 Å². The van der Waals surface area contributed by atoms with Crippen molar-refractivity contribution in [2.24, 2.45) is 0 Å². The average Bonchev–Trinajstić information content (AvgIpc) is 1.89. The van der Waals surface area contributed by atoms with Gasteiger partial charge in [-0.1, -0.05) is 13.0 Å². The van der Waals surface area contributed by atoms with Gasteiger partial charge in [0.1, 0.15) is 0 Å². The summed E-state index contributed by atoms with van der Waals surface area (Å²) in [5.74, 6) is -0.253. The van der Waals surface area contributed by atoms with Crippen LogP contribution in [0.25, 0.3) is 0 Å². The molecule has 0 aliphatic rings. The van der Waals surface area contributed by atoms with Crippen LogP contribution < -0.4 is 35.0 Å². The van der Waals surface area contributed by atoms with E-state index >= 15 is 0 Å². The molecule has 0 saturated carbocycles. The summed E-state index contributed by atoms with van der Waals surface area (Å²) in [5, 5.41) is 0. The molecule has 4 heteroatoms. The largest absolute Gasteiger partial charge is 1.00 e. The Labute approximate surface area is 84.6 Å². The number of carbonyl (C=O) groups is 1. The summed E-state index contributed by atoms with van der Waals surface area (Å²) in [6.45, 7) is 5.66. The molecule has 0 fully saturated rings. The van der Waals surface area contributed by atoms with Crippen LogP contribution in [-0.2, 0) is 9.63 Å². The minimum Gasteiger partial charge on any atom is -1.00 e. The summed E-state index contributed by atoms with van der Waals surface area (Å²) in [7, 11) is 0. The molecule has 0 aromatic carbocycles. The molecule has 54 valence electrons. The van der Waals surface area contributed by atoms with Crippen molar-refractivity contribution < 1.29 is 40.6 Å². The minimum atomic E-state index is -0.253. The zero-order chi connectivity index (χ0) is 7.11. The van der Waals surface area contributed by atoms with Crippen LogP contribution in [0.15, 0.2) is 12.7 Å². The van der Waals surface area contributed by atoms with Gasteiger partial charge in [-0.15, -0.1) is 12.1 Å². The molecule has 0 rings (SSSR count). The van der Waals surface area contributed by atoms with Gasteiger partial charge in [-0.05, 0) is 0 Å². The smallest absolute Gasteiger partial charge is 1.00 e. The standard InChI is InChI=1S/C6H11NO2.Na.H/c1-3-5-7-9-6(8)4-2;;/h3,7H,1,4-5H2,2H3;;/q;+1;-1. The molecule has 0 amide bonds. The quantitative estimate of drug-likeness (QED) is 0.214. The van der Waals surface area contributed by atoms with E-state index in [2.05, 4.69) is 16.9 Å². The molecule has 0 spiro atoms. The van der Waals surface area contributed by atoms with Gasteiger partial charge in [0, 0.05) is 13.0 Å². The van der Waals surface area contributed by atoms with Crippen LogP contribution in [0.4, 0.5) is 0 Å². The van der Waals surface area contributed by atoms with E-state index in [9.17, 15) is 4.79 Å². The van der Waals surface area contributed by atoms with Crippen LogP contribution in [0.2, 0.25) is 0 Å². The SMILES string of the molecule is C=CCNOC(=O)CC.[H-].[Na+]. The van der Waals surface area contributed by atoms with Crippen LogP contribution in [0.1, 0.15) is 14.8 Å². The Hall–Kier alpha value is 0.170. The van der Waals surface area contributed by atoms with E-state index in [0.717, 1.165) is 0 Å². The van der Waals surface area contributed by atoms with Crippen LogP contribution in [0, 0.1) is 0 Å². The summed E-state index contributed by atoms with van der Waals surface area (Å²) < 4.78 is 0. The van der Waals surface area contributed by atoms with Gasteiger partial charge in [-0.2, -0.15) is 0 Å². The van der Waals surface area contributed by atoms with Crippen molar-refractivity contribution in [3.05, 3.63) is 12.7 Å². The zero-order valence-electron chi connectivity index (χ0n) is 7.52. The van der Waals surface area contributed by atoms with E-state index in [1.807, 2.05) is 0 Å². The number of hydroxylamine groups is 1. The monoisotopic (exact) mass is 153 g/mol. The van der Waals surface area contributed by atoms with Crippen LogP contribution in [0.3, 0.4) is 0 Å². The van der Waals surface area contributed by atoms with Crippen molar-refractivity contribution in [1.29, 1.82) is 0 Å². The Kier molecular flexibility index (Phi) is 11.7. The van der Waals surface area contributed by atoms with Gasteiger partial charge >= 0.3 is 35.5 Å². The van der Waals surface area contributed by atoms with Crippen molar-refractivity contribution in [1.82, 2.24) is 5.48 Å². The minimum absolute atomic E-state index is 0. The number of hydrogen-bond acceptors (Lipinski definition) is 3. The Bertz CT molecular complexity index is 111. The van der Waals surface area contributed by atoms with Gasteiger partial charge in [0.05, 0.1) is 0 Å². The van der Waals surface area contributed by atoms with E-state index in [1.54, 1.807) is 13.0 Å². The fourth-order valence-electron chi connectivity index (χ4n) is 0.253. The first-order valence-corrected chi connectivity index (χ1v) is 2.84. The van der Waals surface area contributed by atoms with E-state index in [1.165, 1.54) is 0 Å². The topological polar surface area (TPSA) is 38.3 Å². The van der Waals surface area contributed by atoms with Gasteiger partial charge in [-0.25, -0.2) is 0 Å². The van der Waals surface area contributed by atoms with Crippen LogP contribution >= 0.6 is 0 Å². The van der Waals surface area contributed by atoms with Crippen LogP contribution in [0.5, 0.6) is 0 Å². The van der Waals surface area contributed by atoms with Gasteiger partial charge in [0.25, 0.3) is 0 Å². The van der Waals surface area contributed by atoms with Gasteiger partial charge in [0.15, 0.2) is 0 Å². The van der Waals surface area contributed by atoms with E-state index in [0.29, 0.717) is 13.0 Å². The molecule has 0 aromatic rings. The molecule has 1 N–H and O–H groups in total. The number of rotatable bonds is 4. The molecule has 0 atom stereocenters. The third-order valence-corrected chi connectivity index (χ3v) is 0.702. The van der Waals surface area contributed by atoms with E-state index in [4.69, 9.17) is 0 Å². The Balaban J connectivity index is -0.000000320. The third-order valence-electron chi connectivity index (χ3n) is 0.702. The number of hydrogen-bond donors (Lipinski definition) is 1. The molecular weight excluding hydrogens is 141 g/mol. The van der Waals surface area contributed by atoms with E-state index < -0.39 is 0 Å². The summed E-state index contributed by atoms with van der Waals surface area (Å²) in [6, 6.07) is 0. The predicted molar refractivity (Wildman–Crippen MR) is 35.7 cm³/mol. The Morgan fingerprint density at radius 1 is 1.90 bits per heavy atom. The molecule has 0 aromatic heterocycles. The normalized spacial score (nSPS) is 7.70. The second-order valence-electron chi connectivity index (χ2n) is 1.46.